The number of carbonyl (C=O) groups is 1. The molecule has 26 heavy (non-hydrogen) atoms. The van der Waals surface area contributed by atoms with Crippen molar-refractivity contribution in [1.29, 1.82) is 0 Å². The Hall–Kier alpha value is -2.51. The molecular formula is C19H23N4O2S+. The highest BCUT2D eigenvalue weighted by Gasteiger charge is 2.25. The van der Waals surface area contributed by atoms with Gasteiger partial charge in [0.2, 0.25) is 0 Å². The second-order valence-corrected chi connectivity index (χ2v) is 7.43. The van der Waals surface area contributed by atoms with E-state index in [0.717, 1.165) is 26.6 Å². The Morgan fingerprint density at radius 3 is 2.62 bits per heavy atom. The van der Waals surface area contributed by atoms with Crippen LogP contribution in [0.2, 0.25) is 0 Å². The summed E-state index contributed by atoms with van der Waals surface area (Å²) in [5.41, 5.74) is 3.00. The number of para-hydroxylation sites is 1. The number of likely N-dealkylation sites (N-methyl/N-ethyl adjacent to an activating group) is 1. The van der Waals surface area contributed by atoms with Crippen molar-refractivity contribution >= 4 is 22.9 Å². The van der Waals surface area contributed by atoms with Crippen molar-refractivity contribution in [3.63, 3.8) is 0 Å². The number of hydrogen-bond acceptors (Lipinski definition) is 5. The van der Waals surface area contributed by atoms with Gasteiger partial charge >= 0.3 is 0 Å². The van der Waals surface area contributed by atoms with E-state index < -0.39 is 0 Å². The lowest BCUT2D eigenvalue weighted by Crippen LogP contribution is -3.10. The van der Waals surface area contributed by atoms with Gasteiger partial charge in [0, 0.05) is 5.69 Å². The second kappa shape index (κ2) is 7.80. The maximum Gasteiger partial charge on any atom is 0.279 e. The summed E-state index contributed by atoms with van der Waals surface area (Å²) in [4.78, 5) is 14.4. The highest BCUT2D eigenvalue weighted by atomic mass is 32.1. The zero-order valence-electron chi connectivity index (χ0n) is 15.4. The van der Waals surface area contributed by atoms with Crippen LogP contribution in [0.3, 0.4) is 0 Å². The van der Waals surface area contributed by atoms with E-state index in [-0.39, 0.29) is 11.9 Å². The lowest BCUT2D eigenvalue weighted by molar-refractivity contribution is -0.903. The van der Waals surface area contributed by atoms with E-state index in [1.165, 1.54) is 0 Å². The van der Waals surface area contributed by atoms with Gasteiger partial charge in [-0.05, 0) is 43.3 Å². The van der Waals surface area contributed by atoms with Crippen molar-refractivity contribution in [2.45, 2.75) is 26.8 Å². The fraction of sp³-hybridized carbons (Fsp3) is 0.316. The zero-order chi connectivity index (χ0) is 18.7. The van der Waals surface area contributed by atoms with E-state index >= 15 is 0 Å². The Morgan fingerprint density at radius 1 is 1.23 bits per heavy atom. The van der Waals surface area contributed by atoms with Crippen LogP contribution in [0, 0.1) is 13.8 Å². The summed E-state index contributed by atoms with van der Waals surface area (Å²) in [5.74, 6) is 1.02. The number of benzene rings is 1. The van der Waals surface area contributed by atoms with Crippen LogP contribution >= 0.6 is 11.3 Å². The van der Waals surface area contributed by atoms with E-state index in [4.69, 9.17) is 4.42 Å². The predicted molar refractivity (Wildman–Crippen MR) is 102 cm³/mol. The van der Waals surface area contributed by atoms with Gasteiger partial charge in [-0.3, -0.25) is 4.79 Å². The second-order valence-electron chi connectivity index (χ2n) is 6.48. The Bertz CT molecular complexity index is 869. The molecule has 0 fully saturated rings. The SMILES string of the molecule is Cc1cccc(C)c1NC(=O)C[NH+](C)[C@@H](C)c1nnc(-c2cccs2)o1. The van der Waals surface area contributed by atoms with Gasteiger partial charge < -0.3 is 14.6 Å². The highest BCUT2D eigenvalue weighted by Crippen LogP contribution is 2.24. The first-order valence-electron chi connectivity index (χ1n) is 8.51. The number of thiophene rings is 1. The number of anilines is 1. The molecule has 0 aliphatic carbocycles. The number of nitrogens with zero attached hydrogens (tertiary/aromatic N) is 2. The molecule has 1 amide bonds. The van der Waals surface area contributed by atoms with Crippen LogP contribution in [0.1, 0.15) is 30.0 Å². The van der Waals surface area contributed by atoms with E-state index in [2.05, 4.69) is 15.5 Å². The molecule has 2 atom stereocenters. The maximum atomic E-state index is 12.5. The first kappa shape index (κ1) is 18.3. The van der Waals surface area contributed by atoms with Gasteiger partial charge in [-0.15, -0.1) is 21.5 Å². The monoisotopic (exact) mass is 371 g/mol. The van der Waals surface area contributed by atoms with Gasteiger partial charge in [0.25, 0.3) is 17.7 Å². The molecule has 0 saturated carbocycles. The topological polar surface area (TPSA) is 72.5 Å². The third kappa shape index (κ3) is 4.00. The number of nitrogens with one attached hydrogen (secondary N) is 2. The normalized spacial score (nSPS) is 13.4. The number of aromatic nitrogens is 2. The van der Waals surface area contributed by atoms with Crippen molar-refractivity contribution in [2.75, 3.05) is 18.9 Å². The third-order valence-electron chi connectivity index (χ3n) is 4.47. The van der Waals surface area contributed by atoms with Crippen LogP contribution in [-0.2, 0) is 4.79 Å². The van der Waals surface area contributed by atoms with Crippen LogP contribution in [-0.4, -0.2) is 29.7 Å². The minimum absolute atomic E-state index is 0.0373. The van der Waals surface area contributed by atoms with Gasteiger partial charge in [0.1, 0.15) is 0 Å². The van der Waals surface area contributed by atoms with Crippen molar-refractivity contribution in [3.05, 3.63) is 52.7 Å². The minimum Gasteiger partial charge on any atom is -0.414 e. The first-order valence-corrected chi connectivity index (χ1v) is 9.39. The number of aryl methyl sites for hydroxylation is 2. The summed E-state index contributed by atoms with van der Waals surface area (Å²) in [6, 6.07) is 9.78. The number of rotatable bonds is 6. The standard InChI is InChI=1S/C19H22N4O2S/c1-12-7-5-8-13(2)17(12)20-16(24)11-23(4)14(3)18-21-22-19(25-18)15-9-6-10-26-15/h5-10,14H,11H2,1-4H3,(H,20,24)/p+1/t14-/m0/s1. The Labute approximate surface area is 156 Å². The Kier molecular flexibility index (Phi) is 5.49. The number of carbonyl (C=O) groups excluding carboxylic acids is 1. The predicted octanol–water partition coefficient (Wildman–Crippen LogP) is 2.63. The van der Waals surface area contributed by atoms with E-state index in [1.807, 2.05) is 63.5 Å². The van der Waals surface area contributed by atoms with E-state index in [9.17, 15) is 4.79 Å². The molecule has 7 heteroatoms. The zero-order valence-corrected chi connectivity index (χ0v) is 16.2. The van der Waals surface area contributed by atoms with Crippen molar-refractivity contribution in [2.24, 2.45) is 0 Å². The number of hydrogen-bond donors (Lipinski definition) is 2. The lowest BCUT2D eigenvalue weighted by atomic mass is 10.1. The molecule has 3 aromatic rings. The molecule has 0 spiro atoms. The Morgan fingerprint density at radius 2 is 1.96 bits per heavy atom. The molecule has 136 valence electrons. The third-order valence-corrected chi connectivity index (χ3v) is 5.33. The van der Waals surface area contributed by atoms with E-state index in [0.29, 0.717) is 18.3 Å². The van der Waals surface area contributed by atoms with Gasteiger partial charge in [-0.1, -0.05) is 24.3 Å². The molecule has 3 rings (SSSR count). The van der Waals surface area contributed by atoms with Gasteiger partial charge in [-0.25, -0.2) is 0 Å². The molecule has 0 bridgehead atoms. The molecule has 1 aromatic carbocycles. The summed E-state index contributed by atoms with van der Waals surface area (Å²) in [5, 5.41) is 13.3. The van der Waals surface area contributed by atoms with Crippen LogP contribution in [0.5, 0.6) is 0 Å². The number of amides is 1. The average Bonchev–Trinajstić information content (AvgIpc) is 3.28. The number of quaternary nitrogens is 1. The highest BCUT2D eigenvalue weighted by molar-refractivity contribution is 7.13. The van der Waals surface area contributed by atoms with E-state index in [1.54, 1.807) is 11.3 Å². The molecule has 0 aliphatic heterocycles. The molecule has 6 nitrogen and oxygen atoms in total. The quantitative estimate of drug-likeness (QED) is 0.699. The largest absolute Gasteiger partial charge is 0.414 e. The minimum atomic E-state index is -0.0834. The molecule has 0 aliphatic rings. The summed E-state index contributed by atoms with van der Waals surface area (Å²) >= 11 is 1.56. The summed E-state index contributed by atoms with van der Waals surface area (Å²) in [7, 11) is 1.95. The van der Waals surface area contributed by atoms with Crippen LogP contribution in [0.25, 0.3) is 10.8 Å². The smallest absolute Gasteiger partial charge is 0.279 e. The van der Waals surface area contributed by atoms with Gasteiger partial charge in [0.15, 0.2) is 12.6 Å². The Balaban J connectivity index is 1.64. The van der Waals surface area contributed by atoms with Crippen LogP contribution < -0.4 is 10.2 Å². The summed E-state index contributed by atoms with van der Waals surface area (Å²) in [6.07, 6.45) is 0. The molecule has 0 saturated heterocycles. The summed E-state index contributed by atoms with van der Waals surface area (Å²) in [6.45, 7) is 6.28. The molecular weight excluding hydrogens is 348 g/mol. The molecule has 2 aromatic heterocycles. The molecule has 2 heterocycles. The molecule has 1 unspecified atom stereocenters. The first-order chi connectivity index (χ1) is 12.5. The van der Waals surface area contributed by atoms with Crippen molar-refractivity contribution in [3.8, 4) is 10.8 Å². The lowest BCUT2D eigenvalue weighted by Gasteiger charge is -2.19. The molecule has 2 N–H and O–H groups in total. The van der Waals surface area contributed by atoms with Crippen LogP contribution in [0.4, 0.5) is 5.69 Å². The summed E-state index contributed by atoms with van der Waals surface area (Å²) < 4.78 is 5.78. The van der Waals surface area contributed by atoms with Gasteiger partial charge in [-0.2, -0.15) is 0 Å². The molecule has 0 radical (unpaired) electrons. The van der Waals surface area contributed by atoms with Crippen LogP contribution in [0.15, 0.2) is 40.1 Å². The fourth-order valence-electron chi connectivity index (χ4n) is 2.72. The van der Waals surface area contributed by atoms with Gasteiger partial charge in [0.05, 0.1) is 11.9 Å². The van der Waals surface area contributed by atoms with Crippen molar-refractivity contribution in [1.82, 2.24) is 10.2 Å². The fourth-order valence-corrected chi connectivity index (χ4v) is 3.37. The van der Waals surface area contributed by atoms with Crippen molar-refractivity contribution < 1.29 is 14.1 Å². The maximum absolute atomic E-state index is 12.5. The average molecular weight is 371 g/mol.